The summed E-state index contributed by atoms with van der Waals surface area (Å²) in [6, 6.07) is 6.56. The lowest BCUT2D eigenvalue weighted by Crippen LogP contribution is -2.33. The van der Waals surface area contributed by atoms with Crippen molar-refractivity contribution < 1.29 is 22.1 Å². The maximum absolute atomic E-state index is 12.1. The van der Waals surface area contributed by atoms with E-state index >= 15 is 0 Å². The number of benzene rings is 1. The van der Waals surface area contributed by atoms with Crippen molar-refractivity contribution in [2.24, 2.45) is 0 Å². The van der Waals surface area contributed by atoms with Gasteiger partial charge in [-0.05, 0) is 46.2 Å². The van der Waals surface area contributed by atoms with Gasteiger partial charge in [0.2, 0.25) is 0 Å². The first-order chi connectivity index (χ1) is 10.2. The fraction of sp³-hybridized carbons (Fsp3) is 0.625. The molecule has 1 atom stereocenters. The molecule has 0 radical (unpaired) electrons. The zero-order valence-electron chi connectivity index (χ0n) is 14.0. The van der Waals surface area contributed by atoms with Crippen LogP contribution in [0.25, 0.3) is 0 Å². The molecule has 1 aromatic carbocycles. The zero-order valence-corrected chi connectivity index (χ0v) is 14.8. The van der Waals surface area contributed by atoms with Crippen LogP contribution in [0.3, 0.4) is 0 Å². The number of ether oxygens (including phenoxy) is 2. The van der Waals surface area contributed by atoms with Crippen LogP contribution in [0.15, 0.2) is 29.2 Å². The number of methoxy groups -OCH3 is 1. The molecule has 0 aliphatic rings. The standard InChI is InChI=1S/C16H26O5S/c1-13-6-8-15(9-7-13)22(17,18)21-12-16(3,4)20-11-10-14(2)19-5/h6-9,14H,10-12H2,1-5H3/t14-/m0/s1. The SMILES string of the molecule is CO[C@@H](C)CCOC(C)(C)COS(=O)(=O)c1ccc(C)cc1. The summed E-state index contributed by atoms with van der Waals surface area (Å²) in [4.78, 5) is 0.155. The molecule has 0 saturated heterocycles. The Bertz CT molecular complexity index is 548. The molecule has 0 aromatic heterocycles. The van der Waals surface area contributed by atoms with E-state index in [1.165, 1.54) is 0 Å². The van der Waals surface area contributed by atoms with Gasteiger partial charge in [0.15, 0.2) is 0 Å². The molecule has 0 aliphatic heterocycles. The van der Waals surface area contributed by atoms with E-state index < -0.39 is 15.7 Å². The van der Waals surface area contributed by atoms with Crippen LogP contribution in [0.2, 0.25) is 0 Å². The van der Waals surface area contributed by atoms with Gasteiger partial charge in [0.25, 0.3) is 10.1 Å². The second kappa shape index (κ2) is 8.06. The van der Waals surface area contributed by atoms with E-state index in [4.69, 9.17) is 13.7 Å². The number of hydrogen-bond donors (Lipinski definition) is 0. The van der Waals surface area contributed by atoms with Gasteiger partial charge in [0.1, 0.15) is 0 Å². The Morgan fingerprint density at radius 1 is 1.18 bits per heavy atom. The lowest BCUT2D eigenvalue weighted by Gasteiger charge is -2.25. The van der Waals surface area contributed by atoms with Gasteiger partial charge in [-0.1, -0.05) is 17.7 Å². The summed E-state index contributed by atoms with van der Waals surface area (Å²) in [5, 5.41) is 0. The van der Waals surface area contributed by atoms with Crippen molar-refractivity contribution in [3.63, 3.8) is 0 Å². The third-order valence-electron chi connectivity index (χ3n) is 3.29. The van der Waals surface area contributed by atoms with E-state index in [9.17, 15) is 8.42 Å². The lowest BCUT2D eigenvalue weighted by atomic mass is 10.1. The molecule has 1 aromatic rings. The summed E-state index contributed by atoms with van der Waals surface area (Å²) in [5.41, 5.74) is 0.306. The molecule has 0 amide bonds. The molecule has 0 saturated carbocycles. The molecular weight excluding hydrogens is 304 g/mol. The first kappa shape index (κ1) is 19.1. The highest BCUT2D eigenvalue weighted by molar-refractivity contribution is 7.86. The molecule has 0 aliphatic carbocycles. The van der Waals surface area contributed by atoms with Crippen LogP contribution < -0.4 is 0 Å². The fourth-order valence-electron chi connectivity index (χ4n) is 1.65. The molecule has 0 fully saturated rings. The van der Waals surface area contributed by atoms with Gasteiger partial charge in [0.05, 0.1) is 23.2 Å². The minimum absolute atomic E-state index is 0.0371. The molecule has 5 nitrogen and oxygen atoms in total. The van der Waals surface area contributed by atoms with Crippen LogP contribution in [0.1, 0.15) is 32.8 Å². The topological polar surface area (TPSA) is 61.8 Å². The minimum Gasteiger partial charge on any atom is -0.382 e. The van der Waals surface area contributed by atoms with Crippen LogP contribution in [-0.4, -0.2) is 40.4 Å². The van der Waals surface area contributed by atoms with Crippen molar-refractivity contribution in [3.8, 4) is 0 Å². The van der Waals surface area contributed by atoms with Crippen LogP contribution >= 0.6 is 0 Å². The minimum atomic E-state index is -3.76. The molecular formula is C16H26O5S. The summed E-state index contributed by atoms with van der Waals surface area (Å²) >= 11 is 0. The van der Waals surface area contributed by atoms with Crippen LogP contribution in [0, 0.1) is 6.92 Å². The third-order valence-corrected chi connectivity index (χ3v) is 4.57. The molecule has 0 spiro atoms. The summed E-state index contributed by atoms with van der Waals surface area (Å²) in [6.07, 6.45) is 0.845. The van der Waals surface area contributed by atoms with Gasteiger partial charge < -0.3 is 9.47 Å². The van der Waals surface area contributed by atoms with Crippen LogP contribution in [0.4, 0.5) is 0 Å². The van der Waals surface area contributed by atoms with Crippen molar-refractivity contribution in [1.29, 1.82) is 0 Å². The van der Waals surface area contributed by atoms with Gasteiger partial charge in [-0.3, -0.25) is 4.18 Å². The zero-order chi connectivity index (χ0) is 16.8. The molecule has 0 unspecified atom stereocenters. The average Bonchev–Trinajstić information content (AvgIpc) is 2.45. The summed E-state index contributed by atoms with van der Waals surface area (Å²) in [6.45, 7) is 7.90. The average molecular weight is 330 g/mol. The first-order valence-corrected chi connectivity index (χ1v) is 8.70. The highest BCUT2D eigenvalue weighted by Gasteiger charge is 2.24. The highest BCUT2D eigenvalue weighted by Crippen LogP contribution is 2.18. The Kier molecular flexibility index (Phi) is 6.99. The largest absolute Gasteiger partial charge is 0.382 e. The molecule has 0 N–H and O–H groups in total. The van der Waals surface area contributed by atoms with E-state index in [1.807, 2.05) is 13.8 Å². The van der Waals surface area contributed by atoms with E-state index in [0.717, 1.165) is 12.0 Å². The van der Waals surface area contributed by atoms with Crippen molar-refractivity contribution in [1.82, 2.24) is 0 Å². The van der Waals surface area contributed by atoms with Gasteiger partial charge in [0, 0.05) is 13.7 Å². The molecule has 6 heteroatoms. The second-order valence-electron chi connectivity index (χ2n) is 5.97. The number of rotatable bonds is 9. The molecule has 0 bridgehead atoms. The Labute approximate surface area is 133 Å². The van der Waals surface area contributed by atoms with Gasteiger partial charge in [-0.2, -0.15) is 8.42 Å². The van der Waals surface area contributed by atoms with Crippen molar-refractivity contribution in [3.05, 3.63) is 29.8 Å². The van der Waals surface area contributed by atoms with E-state index in [-0.39, 0.29) is 17.6 Å². The van der Waals surface area contributed by atoms with Crippen LogP contribution in [-0.2, 0) is 23.8 Å². The lowest BCUT2D eigenvalue weighted by molar-refractivity contribution is -0.0569. The molecule has 126 valence electrons. The molecule has 1 rings (SSSR count). The Morgan fingerprint density at radius 2 is 1.77 bits per heavy atom. The Morgan fingerprint density at radius 3 is 2.32 bits per heavy atom. The maximum Gasteiger partial charge on any atom is 0.297 e. The van der Waals surface area contributed by atoms with Gasteiger partial charge in [-0.25, -0.2) is 0 Å². The van der Waals surface area contributed by atoms with Gasteiger partial charge in [-0.15, -0.1) is 0 Å². The fourth-order valence-corrected chi connectivity index (χ4v) is 2.70. The summed E-state index contributed by atoms with van der Waals surface area (Å²) in [7, 11) is -2.12. The number of hydrogen-bond acceptors (Lipinski definition) is 5. The smallest absolute Gasteiger partial charge is 0.297 e. The van der Waals surface area contributed by atoms with Crippen molar-refractivity contribution in [2.75, 3.05) is 20.3 Å². The first-order valence-electron chi connectivity index (χ1n) is 7.29. The van der Waals surface area contributed by atoms with Crippen molar-refractivity contribution in [2.45, 2.75) is 50.7 Å². The second-order valence-corrected chi connectivity index (χ2v) is 7.59. The van der Waals surface area contributed by atoms with Crippen LogP contribution in [0.5, 0.6) is 0 Å². The van der Waals surface area contributed by atoms with E-state index in [0.29, 0.717) is 6.61 Å². The highest BCUT2D eigenvalue weighted by atomic mass is 32.2. The maximum atomic E-state index is 12.1. The summed E-state index contributed by atoms with van der Waals surface area (Å²) < 4.78 is 40.2. The van der Waals surface area contributed by atoms with E-state index in [2.05, 4.69) is 0 Å². The Hall–Kier alpha value is -0.950. The quantitative estimate of drug-likeness (QED) is 0.652. The van der Waals surface area contributed by atoms with E-state index in [1.54, 1.807) is 45.2 Å². The Balaban J connectivity index is 2.54. The predicted molar refractivity (Wildman–Crippen MR) is 85.4 cm³/mol. The van der Waals surface area contributed by atoms with Gasteiger partial charge >= 0.3 is 0 Å². The predicted octanol–water partition coefficient (Wildman–Crippen LogP) is 2.92. The number of aryl methyl sites for hydroxylation is 1. The summed E-state index contributed by atoms with van der Waals surface area (Å²) in [5.74, 6) is 0. The monoisotopic (exact) mass is 330 g/mol. The molecule has 0 heterocycles. The molecule has 22 heavy (non-hydrogen) atoms. The third kappa shape index (κ3) is 6.44. The normalized spacial score (nSPS) is 14.0. The van der Waals surface area contributed by atoms with Crippen molar-refractivity contribution >= 4 is 10.1 Å².